The van der Waals surface area contributed by atoms with Gasteiger partial charge in [-0.3, -0.25) is 4.79 Å². The Balaban J connectivity index is 2.63. The number of ketones is 1. The Morgan fingerprint density at radius 1 is 1.09 bits per heavy atom. The van der Waals surface area contributed by atoms with Gasteiger partial charge < -0.3 is 10.2 Å². The molecule has 0 fully saturated rings. The van der Waals surface area contributed by atoms with Crippen molar-refractivity contribution in [2.45, 2.75) is 18.7 Å². The van der Waals surface area contributed by atoms with Gasteiger partial charge in [0.15, 0.2) is 5.78 Å². The largest absolute Gasteiger partial charge is 0.337 e. The number of urea groups is 1. The molecule has 0 spiro atoms. The number of Topliss-reactive ketones (excluding diaryl/α,β-unsaturated/α-hetero) is 1. The Morgan fingerprint density at radius 3 is 2.13 bits per heavy atom. The van der Waals surface area contributed by atoms with Gasteiger partial charge in [-0.2, -0.15) is 0 Å². The summed E-state index contributed by atoms with van der Waals surface area (Å²) in [6, 6.07) is 5.52. The number of hydrogen-bond donors (Lipinski definition) is 2. The predicted molar refractivity (Wildman–Crippen MR) is 87.9 cm³/mol. The molecule has 0 aromatic heterocycles. The van der Waals surface area contributed by atoms with Crippen molar-refractivity contribution in [1.82, 2.24) is 14.9 Å². The summed E-state index contributed by atoms with van der Waals surface area (Å²) in [6.07, 6.45) is 0. The number of sulfonamides is 1. The molecule has 8 heteroatoms. The average Bonchev–Trinajstić information content (AvgIpc) is 2.50. The molecule has 2 amide bonds. The number of hydrogen-bond acceptors (Lipinski definition) is 4. The number of carbonyl (C=O) groups excluding carboxylic acids is 2. The van der Waals surface area contributed by atoms with E-state index in [4.69, 9.17) is 0 Å². The molecule has 0 aliphatic carbocycles. The summed E-state index contributed by atoms with van der Waals surface area (Å²) in [5.74, 6) is -0.177. The molecule has 1 aromatic rings. The Hall–Kier alpha value is -1.93. The maximum absolute atomic E-state index is 12.1. The van der Waals surface area contributed by atoms with Crippen LogP contribution in [0.1, 0.15) is 24.2 Å². The van der Waals surface area contributed by atoms with Crippen LogP contribution in [0.15, 0.2) is 29.2 Å². The van der Waals surface area contributed by atoms with E-state index in [9.17, 15) is 18.0 Å². The predicted octanol–water partition coefficient (Wildman–Crippen LogP) is 1.07. The van der Waals surface area contributed by atoms with Crippen molar-refractivity contribution in [3.63, 3.8) is 0 Å². The lowest BCUT2D eigenvalue weighted by atomic mass is 10.0. The van der Waals surface area contributed by atoms with Gasteiger partial charge in [-0.15, -0.1) is 0 Å². The summed E-state index contributed by atoms with van der Waals surface area (Å²) in [4.78, 5) is 24.6. The fourth-order valence-electron chi connectivity index (χ4n) is 1.73. The average molecular weight is 341 g/mol. The molecule has 128 valence electrons. The van der Waals surface area contributed by atoms with Crippen LogP contribution in [0, 0.1) is 5.92 Å². The third-order valence-corrected chi connectivity index (χ3v) is 4.55. The van der Waals surface area contributed by atoms with E-state index in [-0.39, 0.29) is 35.7 Å². The summed E-state index contributed by atoms with van der Waals surface area (Å²) in [7, 11) is -0.474. The molecule has 0 saturated carbocycles. The van der Waals surface area contributed by atoms with E-state index in [1.54, 1.807) is 27.9 Å². The van der Waals surface area contributed by atoms with Gasteiger partial charge in [0, 0.05) is 38.7 Å². The minimum Gasteiger partial charge on any atom is -0.337 e. The number of nitrogens with one attached hydrogen (secondary N) is 2. The highest BCUT2D eigenvalue weighted by Crippen LogP contribution is 2.13. The zero-order chi connectivity index (χ0) is 17.6. The zero-order valence-corrected chi connectivity index (χ0v) is 14.6. The van der Waals surface area contributed by atoms with E-state index in [0.29, 0.717) is 5.56 Å². The van der Waals surface area contributed by atoms with E-state index >= 15 is 0 Å². The van der Waals surface area contributed by atoms with Crippen LogP contribution in [-0.4, -0.2) is 52.3 Å². The number of nitrogens with zero attached hydrogens (tertiary/aromatic N) is 1. The Bertz CT molecular complexity index is 652. The second-order valence-corrected chi connectivity index (χ2v) is 7.33. The standard InChI is InChI=1S/C15H23N3O4S/c1-11(2)14(19)12-5-7-13(8-6-12)23(21,22)17-10-9-16-15(20)18(3)4/h5-8,11,17H,9-10H2,1-4H3,(H,16,20). The lowest BCUT2D eigenvalue weighted by molar-refractivity contribution is 0.0939. The van der Waals surface area contributed by atoms with Gasteiger partial charge in [-0.05, 0) is 12.1 Å². The first-order chi connectivity index (χ1) is 10.6. The SMILES string of the molecule is CC(C)C(=O)c1ccc(S(=O)(=O)NCCNC(=O)N(C)C)cc1. The molecule has 0 radical (unpaired) electrons. The van der Waals surface area contributed by atoms with Crippen LogP contribution in [-0.2, 0) is 10.0 Å². The number of benzene rings is 1. The molecule has 0 unspecified atom stereocenters. The number of carbonyl (C=O) groups is 2. The van der Waals surface area contributed by atoms with Gasteiger partial charge in [0.25, 0.3) is 0 Å². The highest BCUT2D eigenvalue weighted by atomic mass is 32.2. The van der Waals surface area contributed by atoms with Gasteiger partial charge in [-0.25, -0.2) is 17.9 Å². The summed E-state index contributed by atoms with van der Waals surface area (Å²) in [5, 5.41) is 2.56. The van der Waals surface area contributed by atoms with Crippen molar-refractivity contribution in [1.29, 1.82) is 0 Å². The first-order valence-electron chi connectivity index (χ1n) is 7.24. The summed E-state index contributed by atoms with van der Waals surface area (Å²) in [5.41, 5.74) is 0.484. The molecule has 23 heavy (non-hydrogen) atoms. The molecule has 0 aliphatic rings. The molecule has 0 saturated heterocycles. The molecular formula is C15H23N3O4S. The van der Waals surface area contributed by atoms with E-state index in [0.717, 1.165) is 0 Å². The molecule has 1 rings (SSSR count). The molecule has 0 heterocycles. The summed E-state index contributed by atoms with van der Waals surface area (Å²) >= 11 is 0. The van der Waals surface area contributed by atoms with Crippen molar-refractivity contribution >= 4 is 21.8 Å². The van der Waals surface area contributed by atoms with E-state index in [1.807, 2.05) is 0 Å². The topological polar surface area (TPSA) is 95.6 Å². The van der Waals surface area contributed by atoms with Crippen LogP contribution < -0.4 is 10.0 Å². The third kappa shape index (κ3) is 5.65. The van der Waals surface area contributed by atoms with Crippen molar-refractivity contribution in [2.24, 2.45) is 5.92 Å². The van der Waals surface area contributed by atoms with Crippen molar-refractivity contribution < 1.29 is 18.0 Å². The Morgan fingerprint density at radius 2 is 1.65 bits per heavy atom. The normalized spacial score (nSPS) is 11.3. The highest BCUT2D eigenvalue weighted by Gasteiger charge is 2.15. The maximum Gasteiger partial charge on any atom is 0.316 e. The molecule has 0 bridgehead atoms. The quantitative estimate of drug-likeness (QED) is 0.573. The van der Waals surface area contributed by atoms with Crippen LogP contribution in [0.3, 0.4) is 0 Å². The third-order valence-electron chi connectivity index (χ3n) is 3.07. The molecule has 1 aromatic carbocycles. The van der Waals surface area contributed by atoms with Crippen LogP contribution in [0.5, 0.6) is 0 Å². The molecular weight excluding hydrogens is 318 g/mol. The van der Waals surface area contributed by atoms with Gasteiger partial charge in [0.2, 0.25) is 10.0 Å². The van der Waals surface area contributed by atoms with E-state index in [2.05, 4.69) is 10.0 Å². The molecule has 0 aliphatic heterocycles. The minimum absolute atomic E-state index is 0.0340. The van der Waals surface area contributed by atoms with Gasteiger partial charge >= 0.3 is 6.03 Å². The second kappa shape index (κ2) is 8.07. The van der Waals surface area contributed by atoms with Crippen LogP contribution in [0.4, 0.5) is 4.79 Å². The van der Waals surface area contributed by atoms with Crippen molar-refractivity contribution in [3.8, 4) is 0 Å². The Labute approximate surface area is 137 Å². The van der Waals surface area contributed by atoms with Crippen LogP contribution in [0.2, 0.25) is 0 Å². The first-order valence-corrected chi connectivity index (χ1v) is 8.72. The molecule has 7 nitrogen and oxygen atoms in total. The summed E-state index contributed by atoms with van der Waals surface area (Å²) in [6.45, 7) is 3.84. The Kier molecular flexibility index (Phi) is 6.71. The molecule has 0 atom stereocenters. The first kappa shape index (κ1) is 19.1. The van der Waals surface area contributed by atoms with Gasteiger partial charge in [0.05, 0.1) is 4.90 Å². The zero-order valence-electron chi connectivity index (χ0n) is 13.8. The van der Waals surface area contributed by atoms with Gasteiger partial charge in [-0.1, -0.05) is 26.0 Å². The smallest absolute Gasteiger partial charge is 0.316 e. The van der Waals surface area contributed by atoms with E-state index < -0.39 is 10.0 Å². The second-order valence-electron chi connectivity index (χ2n) is 5.57. The highest BCUT2D eigenvalue weighted by molar-refractivity contribution is 7.89. The van der Waals surface area contributed by atoms with Crippen molar-refractivity contribution in [2.75, 3.05) is 27.2 Å². The fraction of sp³-hybridized carbons (Fsp3) is 0.467. The van der Waals surface area contributed by atoms with Crippen LogP contribution in [0.25, 0.3) is 0 Å². The van der Waals surface area contributed by atoms with Gasteiger partial charge in [0.1, 0.15) is 0 Å². The van der Waals surface area contributed by atoms with E-state index in [1.165, 1.54) is 29.2 Å². The lowest BCUT2D eigenvalue weighted by Gasteiger charge is -2.12. The van der Waals surface area contributed by atoms with Crippen LogP contribution >= 0.6 is 0 Å². The maximum atomic E-state index is 12.1. The number of amides is 2. The summed E-state index contributed by atoms with van der Waals surface area (Å²) < 4.78 is 26.6. The fourth-order valence-corrected chi connectivity index (χ4v) is 2.76. The van der Waals surface area contributed by atoms with Crippen molar-refractivity contribution in [3.05, 3.63) is 29.8 Å². The molecule has 2 N–H and O–H groups in total. The number of rotatable bonds is 7. The minimum atomic E-state index is -3.67. The monoisotopic (exact) mass is 341 g/mol. The lowest BCUT2D eigenvalue weighted by Crippen LogP contribution is -2.39.